The molecule has 0 amide bonds. The third-order valence-corrected chi connectivity index (χ3v) is 3.18. The minimum absolute atomic E-state index is 0.140. The predicted octanol–water partition coefficient (Wildman–Crippen LogP) is 2.71. The first-order valence-electron chi connectivity index (χ1n) is 5.02. The Morgan fingerprint density at radius 3 is 2.76 bits per heavy atom. The quantitative estimate of drug-likeness (QED) is 0.926. The van der Waals surface area contributed by atoms with Crippen LogP contribution in [0.2, 0.25) is 0 Å². The summed E-state index contributed by atoms with van der Waals surface area (Å²) in [6.45, 7) is 3.85. The van der Waals surface area contributed by atoms with E-state index in [0.29, 0.717) is 10.0 Å². The van der Waals surface area contributed by atoms with E-state index in [1.165, 1.54) is 0 Å². The first-order valence-corrected chi connectivity index (χ1v) is 5.82. The highest BCUT2D eigenvalue weighted by Gasteiger charge is 2.18. The van der Waals surface area contributed by atoms with Crippen molar-refractivity contribution in [2.75, 3.05) is 0 Å². The van der Waals surface area contributed by atoms with Gasteiger partial charge >= 0.3 is 0 Å². The first-order chi connectivity index (χ1) is 8.04. The molecule has 2 N–H and O–H groups in total. The molecule has 0 aliphatic heterocycles. The van der Waals surface area contributed by atoms with E-state index in [0.717, 1.165) is 11.1 Å². The van der Waals surface area contributed by atoms with Gasteiger partial charge in [0.1, 0.15) is 5.82 Å². The molecule has 0 saturated heterocycles. The van der Waals surface area contributed by atoms with Gasteiger partial charge in [0, 0.05) is 0 Å². The summed E-state index contributed by atoms with van der Waals surface area (Å²) < 4.78 is 19.3. The van der Waals surface area contributed by atoms with Gasteiger partial charge in [0.25, 0.3) is 0 Å². The van der Waals surface area contributed by atoms with Crippen molar-refractivity contribution in [1.82, 2.24) is 10.1 Å². The topological polar surface area (TPSA) is 64.9 Å². The summed E-state index contributed by atoms with van der Waals surface area (Å²) >= 11 is 3.17. The van der Waals surface area contributed by atoms with Gasteiger partial charge in [-0.05, 0) is 47.0 Å². The van der Waals surface area contributed by atoms with Crippen LogP contribution in [-0.4, -0.2) is 10.1 Å². The van der Waals surface area contributed by atoms with Gasteiger partial charge in [0.05, 0.1) is 16.6 Å². The first kappa shape index (κ1) is 12.2. The Morgan fingerprint density at radius 1 is 1.47 bits per heavy atom. The summed E-state index contributed by atoms with van der Waals surface area (Å²) in [5.74, 6) is 0.124. The van der Waals surface area contributed by atoms with Crippen LogP contribution in [0.3, 0.4) is 0 Å². The summed E-state index contributed by atoms with van der Waals surface area (Å²) in [7, 11) is 0. The molecular formula is C11H11BrFN3O. The molecular weight excluding hydrogens is 289 g/mol. The molecule has 0 aliphatic rings. The third kappa shape index (κ3) is 2.10. The fraction of sp³-hybridized carbons (Fsp3) is 0.273. The molecule has 1 heterocycles. The highest BCUT2D eigenvalue weighted by Crippen LogP contribution is 2.31. The Balaban J connectivity index is 2.65. The molecule has 90 valence electrons. The molecule has 4 nitrogen and oxygen atoms in total. The summed E-state index contributed by atoms with van der Waals surface area (Å²) in [6, 6.07) is 1.72. The van der Waals surface area contributed by atoms with E-state index in [2.05, 4.69) is 26.1 Å². The second-order valence-electron chi connectivity index (χ2n) is 3.71. The van der Waals surface area contributed by atoms with Crippen molar-refractivity contribution in [2.45, 2.75) is 20.4 Å². The van der Waals surface area contributed by atoms with Crippen LogP contribution in [-0.2, 0) is 6.54 Å². The van der Waals surface area contributed by atoms with Crippen molar-refractivity contribution < 1.29 is 8.91 Å². The molecule has 1 aromatic carbocycles. The smallest absolute Gasteiger partial charge is 0.240 e. The van der Waals surface area contributed by atoms with Crippen LogP contribution in [0, 0.1) is 19.7 Å². The van der Waals surface area contributed by atoms with Crippen LogP contribution in [0.15, 0.2) is 15.1 Å². The Labute approximate surface area is 106 Å². The lowest BCUT2D eigenvalue weighted by atomic mass is 10.0. The van der Waals surface area contributed by atoms with Gasteiger partial charge in [0.2, 0.25) is 11.7 Å². The molecule has 0 bridgehead atoms. The van der Waals surface area contributed by atoms with Crippen LogP contribution in [0.1, 0.15) is 17.0 Å². The monoisotopic (exact) mass is 299 g/mol. The maximum absolute atomic E-state index is 14.0. The number of hydrogen-bond donors (Lipinski definition) is 1. The molecule has 0 saturated carbocycles. The van der Waals surface area contributed by atoms with Crippen molar-refractivity contribution >= 4 is 15.9 Å². The molecule has 17 heavy (non-hydrogen) atoms. The van der Waals surface area contributed by atoms with Crippen molar-refractivity contribution in [2.24, 2.45) is 5.73 Å². The number of hydrogen-bond acceptors (Lipinski definition) is 4. The zero-order chi connectivity index (χ0) is 12.6. The molecule has 2 rings (SSSR count). The van der Waals surface area contributed by atoms with Gasteiger partial charge < -0.3 is 10.3 Å². The number of nitrogens with zero attached hydrogens (tertiary/aromatic N) is 2. The van der Waals surface area contributed by atoms with E-state index in [9.17, 15) is 4.39 Å². The molecule has 1 aromatic heterocycles. The molecule has 0 atom stereocenters. The van der Waals surface area contributed by atoms with Crippen molar-refractivity contribution in [3.05, 3.63) is 33.4 Å². The van der Waals surface area contributed by atoms with E-state index in [1.807, 2.05) is 13.8 Å². The Bertz CT molecular complexity index is 542. The summed E-state index contributed by atoms with van der Waals surface area (Å²) in [4.78, 5) is 4.04. The number of aryl methyl sites for hydroxylation is 1. The molecule has 6 heteroatoms. The number of benzene rings is 1. The second-order valence-corrected chi connectivity index (χ2v) is 4.56. The van der Waals surface area contributed by atoms with E-state index < -0.39 is 5.82 Å². The van der Waals surface area contributed by atoms with Crippen LogP contribution in [0.4, 0.5) is 4.39 Å². The van der Waals surface area contributed by atoms with Crippen LogP contribution in [0.5, 0.6) is 0 Å². The highest BCUT2D eigenvalue weighted by molar-refractivity contribution is 9.10. The summed E-state index contributed by atoms with van der Waals surface area (Å²) in [5.41, 5.74) is 7.46. The van der Waals surface area contributed by atoms with Crippen LogP contribution in [0.25, 0.3) is 11.4 Å². The van der Waals surface area contributed by atoms with Gasteiger partial charge in [-0.15, -0.1) is 0 Å². The molecule has 0 fully saturated rings. The second kappa shape index (κ2) is 4.54. The average Bonchev–Trinajstić information content (AvgIpc) is 2.75. The minimum Gasteiger partial charge on any atom is -0.338 e. The van der Waals surface area contributed by atoms with Gasteiger partial charge in [-0.2, -0.15) is 4.98 Å². The maximum Gasteiger partial charge on any atom is 0.240 e. The van der Waals surface area contributed by atoms with Crippen molar-refractivity contribution in [1.29, 1.82) is 0 Å². The Hall–Kier alpha value is -1.27. The Morgan fingerprint density at radius 2 is 2.18 bits per heavy atom. The lowest BCUT2D eigenvalue weighted by Crippen LogP contribution is -1.98. The summed E-state index contributed by atoms with van der Waals surface area (Å²) in [6.07, 6.45) is 0. The molecule has 0 aliphatic carbocycles. The number of halogens is 2. The average molecular weight is 300 g/mol. The van der Waals surface area contributed by atoms with E-state index in [1.54, 1.807) is 6.07 Å². The van der Waals surface area contributed by atoms with E-state index in [4.69, 9.17) is 10.3 Å². The number of nitrogens with two attached hydrogens (primary N) is 1. The number of aromatic nitrogens is 2. The van der Waals surface area contributed by atoms with Crippen LogP contribution < -0.4 is 5.73 Å². The largest absolute Gasteiger partial charge is 0.338 e. The van der Waals surface area contributed by atoms with Crippen molar-refractivity contribution in [3.8, 4) is 11.4 Å². The highest BCUT2D eigenvalue weighted by atomic mass is 79.9. The number of rotatable bonds is 2. The molecule has 0 spiro atoms. The van der Waals surface area contributed by atoms with Crippen LogP contribution >= 0.6 is 15.9 Å². The zero-order valence-corrected chi connectivity index (χ0v) is 11.0. The molecule has 2 aromatic rings. The van der Waals surface area contributed by atoms with E-state index in [-0.39, 0.29) is 18.3 Å². The van der Waals surface area contributed by atoms with Gasteiger partial charge in [-0.3, -0.25) is 0 Å². The summed E-state index contributed by atoms with van der Waals surface area (Å²) in [5, 5.41) is 3.73. The predicted molar refractivity (Wildman–Crippen MR) is 64.8 cm³/mol. The minimum atomic E-state index is -0.391. The SMILES string of the molecule is Cc1cc(Br)c(F)c(-c2noc(CN)n2)c1C. The fourth-order valence-corrected chi connectivity index (χ4v) is 2.09. The van der Waals surface area contributed by atoms with Crippen molar-refractivity contribution in [3.63, 3.8) is 0 Å². The van der Waals surface area contributed by atoms with Gasteiger partial charge in [0.15, 0.2) is 0 Å². The van der Waals surface area contributed by atoms with Gasteiger partial charge in [-0.1, -0.05) is 5.16 Å². The van der Waals surface area contributed by atoms with Gasteiger partial charge in [-0.25, -0.2) is 4.39 Å². The zero-order valence-electron chi connectivity index (χ0n) is 9.42. The third-order valence-electron chi connectivity index (χ3n) is 2.61. The lowest BCUT2D eigenvalue weighted by Gasteiger charge is -2.08. The maximum atomic E-state index is 14.0. The fourth-order valence-electron chi connectivity index (χ4n) is 1.55. The standard InChI is InChI=1S/C11H11BrFN3O/c1-5-3-7(12)10(13)9(6(5)2)11-15-8(4-14)17-16-11/h3H,4,14H2,1-2H3. The lowest BCUT2D eigenvalue weighted by molar-refractivity contribution is 0.380. The molecule has 0 radical (unpaired) electrons. The van der Waals surface area contributed by atoms with E-state index >= 15 is 0 Å². The molecule has 0 unspecified atom stereocenters. The normalized spacial score (nSPS) is 10.9. The Kier molecular flexibility index (Phi) is 3.26.